The molecule has 0 saturated heterocycles. The Morgan fingerprint density at radius 2 is 1.80 bits per heavy atom. The zero-order valence-electron chi connectivity index (χ0n) is 14.0. The molecule has 0 fully saturated rings. The first kappa shape index (κ1) is 15.6. The number of nitrogens with zero attached hydrogens (tertiary/aromatic N) is 2. The molecular weight excluding hydrogens is 308 g/mol. The predicted molar refractivity (Wildman–Crippen MR) is 99.6 cm³/mol. The summed E-state index contributed by atoms with van der Waals surface area (Å²) in [6.07, 6.45) is 5.20. The largest absolute Gasteiger partial charge is 0.311 e. The molecule has 4 rings (SSSR count). The van der Waals surface area contributed by atoms with Gasteiger partial charge in [0.2, 0.25) is 5.91 Å². The van der Waals surface area contributed by atoms with E-state index in [0.717, 1.165) is 29.8 Å². The molecule has 3 aromatic rings. The minimum absolute atomic E-state index is 0.167. The third kappa shape index (κ3) is 3.18. The summed E-state index contributed by atoms with van der Waals surface area (Å²) in [6.45, 7) is 0.758. The Morgan fingerprint density at radius 1 is 1.00 bits per heavy atom. The van der Waals surface area contributed by atoms with Crippen molar-refractivity contribution in [2.45, 2.75) is 18.8 Å². The lowest BCUT2D eigenvalue weighted by atomic mass is 9.91. The Morgan fingerprint density at radius 3 is 2.60 bits per heavy atom. The molecule has 1 aromatic heterocycles. The molecule has 3 heteroatoms. The van der Waals surface area contributed by atoms with Gasteiger partial charge in [0.25, 0.3) is 0 Å². The number of anilines is 1. The third-order valence-electron chi connectivity index (χ3n) is 4.82. The number of pyridine rings is 1. The fourth-order valence-electron chi connectivity index (χ4n) is 3.54. The van der Waals surface area contributed by atoms with E-state index in [9.17, 15) is 4.79 Å². The van der Waals surface area contributed by atoms with Gasteiger partial charge in [0.15, 0.2) is 0 Å². The number of hydrogen-bond donors (Lipinski definition) is 0. The van der Waals surface area contributed by atoms with Crippen molar-refractivity contribution in [2.75, 3.05) is 11.4 Å². The van der Waals surface area contributed by atoms with E-state index in [0.29, 0.717) is 6.42 Å². The number of benzene rings is 2. The highest BCUT2D eigenvalue weighted by Crippen LogP contribution is 2.32. The summed E-state index contributed by atoms with van der Waals surface area (Å²) in [5.41, 5.74) is 4.45. The van der Waals surface area contributed by atoms with Gasteiger partial charge in [-0.1, -0.05) is 54.6 Å². The number of fused-ring (bicyclic) bond motifs is 1. The number of aromatic nitrogens is 1. The molecule has 1 aliphatic rings. The highest BCUT2D eigenvalue weighted by Gasteiger charge is 2.31. The first-order chi connectivity index (χ1) is 12.3. The van der Waals surface area contributed by atoms with E-state index in [1.165, 1.54) is 5.56 Å². The fraction of sp³-hybridized carbons (Fsp3) is 0.182. The summed E-state index contributed by atoms with van der Waals surface area (Å²) < 4.78 is 0. The maximum Gasteiger partial charge on any atom is 0.234 e. The van der Waals surface area contributed by atoms with Crippen LogP contribution >= 0.6 is 0 Å². The minimum atomic E-state index is -0.198. The maximum atomic E-state index is 13.4. The van der Waals surface area contributed by atoms with Gasteiger partial charge in [0.05, 0.1) is 5.92 Å². The Labute approximate surface area is 148 Å². The van der Waals surface area contributed by atoms with Crippen molar-refractivity contribution < 1.29 is 4.79 Å². The van der Waals surface area contributed by atoms with Crippen molar-refractivity contribution in [2.24, 2.45) is 0 Å². The molecule has 1 aliphatic heterocycles. The highest BCUT2D eigenvalue weighted by atomic mass is 16.2. The van der Waals surface area contributed by atoms with Crippen LogP contribution < -0.4 is 4.90 Å². The smallest absolute Gasteiger partial charge is 0.234 e. The Bertz CT molecular complexity index is 861. The fourth-order valence-corrected chi connectivity index (χ4v) is 3.54. The van der Waals surface area contributed by atoms with Crippen LogP contribution in [-0.4, -0.2) is 17.4 Å². The summed E-state index contributed by atoms with van der Waals surface area (Å²) >= 11 is 0. The second kappa shape index (κ2) is 6.89. The predicted octanol–water partition coefficient (Wildman–Crippen LogP) is 4.00. The zero-order chi connectivity index (χ0) is 17.1. The quantitative estimate of drug-likeness (QED) is 0.725. The molecule has 0 saturated carbocycles. The van der Waals surface area contributed by atoms with Gasteiger partial charge in [-0.05, 0) is 41.7 Å². The van der Waals surface area contributed by atoms with Gasteiger partial charge in [-0.25, -0.2) is 0 Å². The summed E-state index contributed by atoms with van der Waals surface area (Å²) in [4.78, 5) is 19.6. The Hall–Kier alpha value is -2.94. The van der Waals surface area contributed by atoms with Gasteiger partial charge in [-0.3, -0.25) is 9.78 Å². The van der Waals surface area contributed by atoms with Gasteiger partial charge in [-0.2, -0.15) is 0 Å². The van der Waals surface area contributed by atoms with Crippen LogP contribution in [0.5, 0.6) is 0 Å². The lowest BCUT2D eigenvalue weighted by Crippen LogP contribution is -2.34. The molecule has 25 heavy (non-hydrogen) atoms. The summed E-state index contributed by atoms with van der Waals surface area (Å²) in [6, 6.07) is 22.2. The highest BCUT2D eigenvalue weighted by molar-refractivity contribution is 6.00. The monoisotopic (exact) mass is 328 g/mol. The lowest BCUT2D eigenvalue weighted by Gasteiger charge is -2.24. The van der Waals surface area contributed by atoms with Gasteiger partial charge in [0, 0.05) is 24.6 Å². The van der Waals surface area contributed by atoms with Gasteiger partial charge in [-0.15, -0.1) is 0 Å². The van der Waals surface area contributed by atoms with Crippen molar-refractivity contribution in [3.63, 3.8) is 0 Å². The normalized spacial score (nSPS) is 14.2. The minimum Gasteiger partial charge on any atom is -0.311 e. The molecule has 0 bridgehead atoms. The van der Waals surface area contributed by atoms with Crippen LogP contribution in [0.1, 0.15) is 22.6 Å². The van der Waals surface area contributed by atoms with Crippen molar-refractivity contribution in [3.8, 4) is 0 Å². The molecule has 0 radical (unpaired) electrons. The second-order valence-corrected chi connectivity index (χ2v) is 6.40. The first-order valence-electron chi connectivity index (χ1n) is 8.66. The van der Waals surface area contributed by atoms with E-state index in [1.807, 2.05) is 71.8 Å². The van der Waals surface area contributed by atoms with Crippen LogP contribution in [0, 0.1) is 0 Å². The molecule has 2 aromatic carbocycles. The van der Waals surface area contributed by atoms with E-state index in [-0.39, 0.29) is 11.8 Å². The Kier molecular flexibility index (Phi) is 4.30. The van der Waals surface area contributed by atoms with E-state index >= 15 is 0 Å². The molecular formula is C22H20N2O. The van der Waals surface area contributed by atoms with Crippen LogP contribution in [0.4, 0.5) is 5.69 Å². The zero-order valence-corrected chi connectivity index (χ0v) is 14.0. The topological polar surface area (TPSA) is 33.2 Å². The van der Waals surface area contributed by atoms with E-state index < -0.39 is 0 Å². The number of para-hydroxylation sites is 1. The molecule has 1 unspecified atom stereocenters. The molecule has 0 aliphatic carbocycles. The SMILES string of the molecule is O=C(C(Cc1cccnc1)c1ccccc1)N1CCc2ccccc21. The number of carbonyl (C=O) groups is 1. The van der Waals surface area contributed by atoms with E-state index in [1.54, 1.807) is 6.20 Å². The van der Waals surface area contributed by atoms with Crippen molar-refractivity contribution in [1.29, 1.82) is 0 Å². The van der Waals surface area contributed by atoms with Gasteiger partial charge in [0.1, 0.15) is 0 Å². The summed E-state index contributed by atoms with van der Waals surface area (Å²) in [5, 5.41) is 0. The molecule has 0 spiro atoms. The molecule has 1 atom stereocenters. The second-order valence-electron chi connectivity index (χ2n) is 6.40. The average molecular weight is 328 g/mol. The molecule has 2 heterocycles. The van der Waals surface area contributed by atoms with Crippen LogP contribution in [0.25, 0.3) is 0 Å². The number of hydrogen-bond acceptors (Lipinski definition) is 2. The number of amides is 1. The lowest BCUT2D eigenvalue weighted by molar-refractivity contribution is -0.119. The number of carbonyl (C=O) groups excluding carboxylic acids is 1. The van der Waals surface area contributed by atoms with Crippen LogP contribution in [0.15, 0.2) is 79.1 Å². The van der Waals surface area contributed by atoms with Gasteiger partial charge < -0.3 is 4.90 Å². The van der Waals surface area contributed by atoms with E-state index in [2.05, 4.69) is 11.1 Å². The molecule has 1 amide bonds. The maximum absolute atomic E-state index is 13.4. The average Bonchev–Trinajstić information content (AvgIpc) is 3.11. The summed E-state index contributed by atoms with van der Waals surface area (Å²) in [7, 11) is 0. The molecule has 3 nitrogen and oxygen atoms in total. The standard InChI is InChI=1S/C22H20N2O/c25-22(24-14-12-19-10-4-5-11-21(19)24)20(18-8-2-1-3-9-18)15-17-7-6-13-23-16-17/h1-11,13,16,20H,12,14-15H2. The third-order valence-corrected chi connectivity index (χ3v) is 4.82. The summed E-state index contributed by atoms with van der Waals surface area (Å²) in [5.74, 6) is -0.0310. The van der Waals surface area contributed by atoms with Gasteiger partial charge >= 0.3 is 0 Å². The first-order valence-corrected chi connectivity index (χ1v) is 8.66. The van der Waals surface area contributed by atoms with Crippen LogP contribution in [0.3, 0.4) is 0 Å². The van der Waals surface area contributed by atoms with E-state index in [4.69, 9.17) is 0 Å². The molecule has 0 N–H and O–H groups in total. The van der Waals surface area contributed by atoms with Crippen LogP contribution in [-0.2, 0) is 17.6 Å². The number of rotatable bonds is 4. The Balaban J connectivity index is 1.67. The molecule has 124 valence electrons. The van der Waals surface area contributed by atoms with Crippen molar-refractivity contribution >= 4 is 11.6 Å². The van der Waals surface area contributed by atoms with Crippen molar-refractivity contribution in [3.05, 3.63) is 95.8 Å². The van der Waals surface area contributed by atoms with Crippen LogP contribution in [0.2, 0.25) is 0 Å². The van der Waals surface area contributed by atoms with Crippen molar-refractivity contribution in [1.82, 2.24) is 4.98 Å².